The Morgan fingerprint density at radius 2 is 1.77 bits per heavy atom. The van der Waals surface area contributed by atoms with Crippen LogP contribution in [0.1, 0.15) is 12.5 Å². The molecular weight excluding hydrogens is 400 g/mol. The SMILES string of the molecule is CCOC(=O)/C(=N/Nc1ccccc1Br)C(=O)COCc1ccccc1. The van der Waals surface area contributed by atoms with Crippen LogP contribution in [-0.4, -0.2) is 30.7 Å². The standard InChI is InChI=1S/C19H19BrN2O4/c1-2-26-19(24)18(22-21-16-11-7-6-10-15(16)20)17(23)13-25-12-14-8-4-3-5-9-14/h3-11,21H,2,12-13H2,1H3/b22-18+. The van der Waals surface area contributed by atoms with E-state index in [1.54, 1.807) is 19.1 Å². The smallest absolute Gasteiger partial charge is 0.362 e. The fourth-order valence-electron chi connectivity index (χ4n) is 1.99. The molecule has 26 heavy (non-hydrogen) atoms. The highest BCUT2D eigenvalue weighted by atomic mass is 79.9. The second-order valence-corrected chi connectivity index (χ2v) is 6.03. The lowest BCUT2D eigenvalue weighted by atomic mass is 10.2. The lowest BCUT2D eigenvalue weighted by Gasteiger charge is -2.08. The number of esters is 1. The summed E-state index contributed by atoms with van der Waals surface area (Å²) in [6.45, 7) is 1.79. The van der Waals surface area contributed by atoms with Crippen LogP contribution in [-0.2, 0) is 25.7 Å². The predicted molar refractivity (Wildman–Crippen MR) is 103 cm³/mol. The Morgan fingerprint density at radius 1 is 1.08 bits per heavy atom. The number of Topliss-reactive ketones (excluding diaryl/α,β-unsaturated/α-hetero) is 1. The summed E-state index contributed by atoms with van der Waals surface area (Å²) >= 11 is 3.36. The van der Waals surface area contributed by atoms with Crippen molar-refractivity contribution in [2.24, 2.45) is 5.10 Å². The van der Waals surface area contributed by atoms with E-state index in [0.29, 0.717) is 5.69 Å². The minimum Gasteiger partial charge on any atom is -0.461 e. The largest absolute Gasteiger partial charge is 0.461 e. The first-order chi connectivity index (χ1) is 12.6. The Kier molecular flexibility index (Phi) is 7.98. The summed E-state index contributed by atoms with van der Waals surface area (Å²) in [5, 5.41) is 3.93. The normalized spacial score (nSPS) is 11.1. The number of ketones is 1. The molecule has 7 heteroatoms. The van der Waals surface area contributed by atoms with Crippen LogP contribution >= 0.6 is 15.9 Å². The molecule has 0 saturated heterocycles. The van der Waals surface area contributed by atoms with Crippen molar-refractivity contribution in [3.8, 4) is 0 Å². The van der Waals surface area contributed by atoms with E-state index < -0.39 is 11.8 Å². The molecule has 0 saturated carbocycles. The van der Waals surface area contributed by atoms with E-state index in [4.69, 9.17) is 9.47 Å². The van der Waals surface area contributed by atoms with Gasteiger partial charge in [-0.15, -0.1) is 0 Å². The van der Waals surface area contributed by atoms with Gasteiger partial charge in [-0.25, -0.2) is 4.79 Å². The van der Waals surface area contributed by atoms with E-state index in [0.717, 1.165) is 10.0 Å². The van der Waals surface area contributed by atoms with Gasteiger partial charge in [-0.05, 0) is 40.5 Å². The molecule has 0 radical (unpaired) electrons. The molecule has 2 aromatic carbocycles. The third-order valence-corrected chi connectivity index (χ3v) is 3.93. The van der Waals surface area contributed by atoms with Gasteiger partial charge in [-0.1, -0.05) is 42.5 Å². The summed E-state index contributed by atoms with van der Waals surface area (Å²) in [7, 11) is 0. The molecule has 0 aliphatic rings. The van der Waals surface area contributed by atoms with Crippen LogP contribution in [0.3, 0.4) is 0 Å². The van der Waals surface area contributed by atoms with Crippen molar-refractivity contribution in [2.75, 3.05) is 18.6 Å². The molecule has 0 amide bonds. The number of hydrogen-bond acceptors (Lipinski definition) is 6. The Balaban J connectivity index is 2.03. The maximum atomic E-state index is 12.3. The maximum absolute atomic E-state index is 12.3. The van der Waals surface area contributed by atoms with Gasteiger partial charge in [-0.2, -0.15) is 5.10 Å². The lowest BCUT2D eigenvalue weighted by Crippen LogP contribution is -2.30. The maximum Gasteiger partial charge on any atom is 0.362 e. The molecule has 1 N–H and O–H groups in total. The average Bonchev–Trinajstić information content (AvgIpc) is 2.64. The molecule has 0 fully saturated rings. The molecular formula is C19H19BrN2O4. The van der Waals surface area contributed by atoms with Crippen molar-refractivity contribution >= 4 is 39.1 Å². The third kappa shape index (κ3) is 6.09. The van der Waals surface area contributed by atoms with Crippen molar-refractivity contribution < 1.29 is 19.1 Å². The van der Waals surface area contributed by atoms with Gasteiger partial charge in [0.1, 0.15) is 6.61 Å². The van der Waals surface area contributed by atoms with Crippen LogP contribution in [0, 0.1) is 0 Å². The molecule has 6 nitrogen and oxygen atoms in total. The molecule has 2 aromatic rings. The van der Waals surface area contributed by atoms with Gasteiger partial charge in [0.25, 0.3) is 0 Å². The van der Waals surface area contributed by atoms with Gasteiger partial charge in [0, 0.05) is 4.47 Å². The van der Waals surface area contributed by atoms with Crippen molar-refractivity contribution in [3.63, 3.8) is 0 Å². The first kappa shape index (κ1) is 19.8. The number of anilines is 1. The highest BCUT2D eigenvalue weighted by molar-refractivity contribution is 9.10. The van der Waals surface area contributed by atoms with Gasteiger partial charge in [0.05, 0.1) is 18.9 Å². The molecule has 0 heterocycles. The van der Waals surface area contributed by atoms with Crippen LogP contribution in [0.2, 0.25) is 0 Å². The summed E-state index contributed by atoms with van der Waals surface area (Å²) in [6, 6.07) is 16.7. The number of ether oxygens (including phenoxy) is 2. The molecule has 0 aromatic heterocycles. The van der Waals surface area contributed by atoms with Crippen LogP contribution in [0.15, 0.2) is 64.2 Å². The molecule has 0 bridgehead atoms. The van der Waals surface area contributed by atoms with Crippen LogP contribution in [0.4, 0.5) is 5.69 Å². The highest BCUT2D eigenvalue weighted by Crippen LogP contribution is 2.21. The fraction of sp³-hybridized carbons (Fsp3) is 0.211. The van der Waals surface area contributed by atoms with Gasteiger partial charge >= 0.3 is 5.97 Å². The summed E-state index contributed by atoms with van der Waals surface area (Å²) in [6.07, 6.45) is 0. The molecule has 0 spiro atoms. The van der Waals surface area contributed by atoms with Crippen LogP contribution in [0.25, 0.3) is 0 Å². The molecule has 0 unspecified atom stereocenters. The summed E-state index contributed by atoms with van der Waals surface area (Å²) in [5.74, 6) is -1.35. The van der Waals surface area contributed by atoms with Crippen LogP contribution < -0.4 is 5.43 Å². The highest BCUT2D eigenvalue weighted by Gasteiger charge is 2.22. The van der Waals surface area contributed by atoms with E-state index in [1.165, 1.54) is 0 Å². The summed E-state index contributed by atoms with van der Waals surface area (Å²) in [4.78, 5) is 24.4. The fourth-order valence-corrected chi connectivity index (χ4v) is 2.37. The van der Waals surface area contributed by atoms with Gasteiger partial charge in [-0.3, -0.25) is 10.2 Å². The van der Waals surface area contributed by atoms with Crippen molar-refractivity contribution in [3.05, 3.63) is 64.6 Å². The zero-order valence-electron chi connectivity index (χ0n) is 14.3. The Hall–Kier alpha value is -2.51. The van der Waals surface area contributed by atoms with Gasteiger partial charge in [0.2, 0.25) is 11.5 Å². The van der Waals surface area contributed by atoms with Crippen LogP contribution in [0.5, 0.6) is 0 Å². The van der Waals surface area contributed by atoms with E-state index in [9.17, 15) is 9.59 Å². The molecule has 0 atom stereocenters. The third-order valence-electron chi connectivity index (χ3n) is 3.24. The van der Waals surface area contributed by atoms with E-state index in [2.05, 4.69) is 26.5 Å². The number of hydrazone groups is 1. The number of nitrogens with zero attached hydrogens (tertiary/aromatic N) is 1. The summed E-state index contributed by atoms with van der Waals surface area (Å²) in [5.41, 5.74) is 3.92. The monoisotopic (exact) mass is 418 g/mol. The molecule has 136 valence electrons. The predicted octanol–water partition coefficient (Wildman–Crippen LogP) is 3.57. The number of halogens is 1. The zero-order chi connectivity index (χ0) is 18.8. The number of hydrogen-bond donors (Lipinski definition) is 1. The van der Waals surface area contributed by atoms with E-state index in [-0.39, 0.29) is 25.5 Å². The number of nitrogens with one attached hydrogen (secondary N) is 1. The van der Waals surface area contributed by atoms with Crippen molar-refractivity contribution in [1.29, 1.82) is 0 Å². The van der Waals surface area contributed by atoms with E-state index >= 15 is 0 Å². The summed E-state index contributed by atoms with van der Waals surface area (Å²) < 4.78 is 11.1. The topological polar surface area (TPSA) is 77.0 Å². The Bertz CT molecular complexity index is 778. The Morgan fingerprint density at radius 3 is 2.46 bits per heavy atom. The minimum absolute atomic E-state index is 0.144. The number of carbonyl (C=O) groups excluding carboxylic acids is 2. The quantitative estimate of drug-likeness (QED) is 0.291. The van der Waals surface area contributed by atoms with Gasteiger partial charge < -0.3 is 9.47 Å². The Labute approximate surface area is 160 Å². The minimum atomic E-state index is -0.791. The number of para-hydroxylation sites is 1. The lowest BCUT2D eigenvalue weighted by molar-refractivity contribution is -0.136. The van der Waals surface area contributed by atoms with E-state index in [1.807, 2.05) is 42.5 Å². The number of benzene rings is 2. The number of rotatable bonds is 9. The average molecular weight is 419 g/mol. The molecule has 0 aliphatic heterocycles. The molecule has 0 aliphatic carbocycles. The van der Waals surface area contributed by atoms with Crippen molar-refractivity contribution in [2.45, 2.75) is 13.5 Å². The van der Waals surface area contributed by atoms with Crippen molar-refractivity contribution in [1.82, 2.24) is 0 Å². The molecule has 2 rings (SSSR count). The van der Waals surface area contributed by atoms with Gasteiger partial charge in [0.15, 0.2) is 0 Å². The zero-order valence-corrected chi connectivity index (χ0v) is 15.9. The second kappa shape index (κ2) is 10.5. The second-order valence-electron chi connectivity index (χ2n) is 5.17. The first-order valence-corrected chi connectivity index (χ1v) is 8.81. The number of carbonyl (C=O) groups is 2. The first-order valence-electron chi connectivity index (χ1n) is 8.02.